The van der Waals surface area contributed by atoms with Gasteiger partial charge in [-0.15, -0.1) is 0 Å². The molecule has 64 heavy (non-hydrogen) atoms. The fourth-order valence-corrected chi connectivity index (χ4v) is 9.60. The van der Waals surface area contributed by atoms with Gasteiger partial charge in [0, 0.05) is 72.2 Å². The number of likely N-dealkylation sites (N-methyl/N-ethyl adjacent to an activating group) is 1. The number of ether oxygens (including phenoxy) is 3. The van der Waals surface area contributed by atoms with Crippen molar-refractivity contribution in [1.29, 1.82) is 0 Å². The van der Waals surface area contributed by atoms with E-state index in [0.717, 1.165) is 72.7 Å². The maximum Gasteiger partial charge on any atom is 0.414 e. The van der Waals surface area contributed by atoms with E-state index < -0.39 is 6.09 Å². The van der Waals surface area contributed by atoms with Gasteiger partial charge < -0.3 is 19.1 Å². The monoisotopic (exact) mass is 854 g/mol. The Morgan fingerprint density at radius 2 is 1.38 bits per heavy atom. The van der Waals surface area contributed by atoms with Crippen molar-refractivity contribution < 1.29 is 28.1 Å². The number of anilines is 1. The van der Waals surface area contributed by atoms with Gasteiger partial charge in [0.15, 0.2) is 24.7 Å². The van der Waals surface area contributed by atoms with Crippen LogP contribution in [0, 0.1) is 0 Å². The first kappa shape index (κ1) is 44.0. The molecular formula is C56H62N4O4+2. The number of amides is 1. The predicted molar refractivity (Wildman–Crippen MR) is 257 cm³/mol. The number of allylic oxidation sites excluding steroid dienone is 7. The molecule has 328 valence electrons. The molecule has 0 bridgehead atoms. The van der Waals surface area contributed by atoms with E-state index in [-0.39, 0.29) is 17.4 Å². The SMILES string of the molecule is COc1ccc2c(c1)C(C)(C)C(/C=C/C1=C(N(C)C(=O)OCc3cc[n+](C)cc3)C(=C/C=C3/N(CCc4ccccc4)c4ccc(OC)cc4C3(C)C)/CC1)=[N+]2CCc1ccccc1. The maximum atomic E-state index is 14.1. The molecule has 0 saturated heterocycles. The summed E-state index contributed by atoms with van der Waals surface area (Å²) in [4.78, 5) is 18.3. The van der Waals surface area contributed by atoms with Crippen LogP contribution in [0.15, 0.2) is 168 Å². The Kier molecular flexibility index (Phi) is 12.8. The highest BCUT2D eigenvalue weighted by molar-refractivity contribution is 6.03. The number of pyridine rings is 1. The number of hydrogen-bond donors (Lipinski definition) is 0. The Labute approximate surface area is 379 Å². The second-order valence-electron chi connectivity index (χ2n) is 18.1. The summed E-state index contributed by atoms with van der Waals surface area (Å²) in [6, 6.07) is 38.1. The van der Waals surface area contributed by atoms with Crippen LogP contribution < -0.4 is 18.9 Å². The summed E-state index contributed by atoms with van der Waals surface area (Å²) >= 11 is 0. The molecule has 1 aliphatic carbocycles. The van der Waals surface area contributed by atoms with Gasteiger partial charge in [-0.05, 0) is 97.4 Å². The summed E-state index contributed by atoms with van der Waals surface area (Å²) in [5.41, 5.74) is 13.3. The molecule has 0 radical (unpaired) electrons. The average molecular weight is 855 g/mol. The molecule has 0 spiro atoms. The fraction of sp³-hybridized carbons (Fsp3) is 0.304. The van der Waals surface area contributed by atoms with Crippen molar-refractivity contribution in [3.8, 4) is 11.5 Å². The lowest BCUT2D eigenvalue weighted by atomic mass is 9.81. The summed E-state index contributed by atoms with van der Waals surface area (Å²) in [5, 5.41) is 0. The van der Waals surface area contributed by atoms with E-state index in [1.807, 2.05) is 43.2 Å². The lowest BCUT2D eigenvalue weighted by Gasteiger charge is -2.27. The number of fused-ring (bicyclic) bond motifs is 2. The van der Waals surface area contributed by atoms with Gasteiger partial charge in [0.05, 0.1) is 25.3 Å². The third kappa shape index (κ3) is 8.92. The van der Waals surface area contributed by atoms with Crippen molar-refractivity contribution in [3.05, 3.63) is 196 Å². The molecule has 3 aliphatic rings. The summed E-state index contributed by atoms with van der Waals surface area (Å²) in [5.74, 6) is 1.70. The zero-order chi connectivity index (χ0) is 45.0. The number of benzene rings is 4. The molecule has 8 nitrogen and oxygen atoms in total. The first-order valence-corrected chi connectivity index (χ1v) is 22.4. The summed E-state index contributed by atoms with van der Waals surface area (Å²) in [7, 11) is 7.27. The number of rotatable bonds is 14. The first-order chi connectivity index (χ1) is 30.9. The van der Waals surface area contributed by atoms with Gasteiger partial charge in [-0.2, -0.15) is 4.58 Å². The molecule has 8 heteroatoms. The van der Waals surface area contributed by atoms with Gasteiger partial charge >= 0.3 is 6.09 Å². The topological polar surface area (TPSA) is 58.1 Å². The van der Waals surface area contributed by atoms with E-state index in [1.165, 1.54) is 45.0 Å². The molecule has 0 saturated carbocycles. The quantitative estimate of drug-likeness (QED) is 0.104. The smallest absolute Gasteiger partial charge is 0.414 e. The van der Waals surface area contributed by atoms with Crippen LogP contribution in [0.3, 0.4) is 0 Å². The van der Waals surface area contributed by atoms with Crippen LogP contribution in [0.2, 0.25) is 0 Å². The van der Waals surface area contributed by atoms with E-state index in [4.69, 9.17) is 14.2 Å². The highest BCUT2D eigenvalue weighted by Gasteiger charge is 2.45. The molecule has 0 fully saturated rings. The number of nitrogens with zero attached hydrogens (tertiary/aromatic N) is 4. The Morgan fingerprint density at radius 3 is 2.05 bits per heavy atom. The predicted octanol–water partition coefficient (Wildman–Crippen LogP) is 10.9. The molecule has 2 aliphatic heterocycles. The minimum atomic E-state index is -0.391. The van der Waals surface area contributed by atoms with Crippen LogP contribution in [0.1, 0.15) is 68.4 Å². The van der Waals surface area contributed by atoms with Gasteiger partial charge in [0.1, 0.15) is 25.2 Å². The third-order valence-electron chi connectivity index (χ3n) is 13.3. The van der Waals surface area contributed by atoms with Crippen molar-refractivity contribution in [2.24, 2.45) is 7.05 Å². The summed E-state index contributed by atoms with van der Waals surface area (Å²) < 4.78 is 21.9. The average Bonchev–Trinajstić information content (AvgIpc) is 3.89. The van der Waals surface area contributed by atoms with Crippen LogP contribution in [-0.2, 0) is 42.1 Å². The van der Waals surface area contributed by atoms with Gasteiger partial charge in [-0.1, -0.05) is 86.7 Å². The van der Waals surface area contributed by atoms with E-state index in [0.29, 0.717) is 0 Å². The van der Waals surface area contributed by atoms with Crippen LogP contribution >= 0.6 is 0 Å². The Morgan fingerprint density at radius 1 is 0.734 bits per heavy atom. The van der Waals surface area contributed by atoms with E-state index in [9.17, 15) is 4.79 Å². The van der Waals surface area contributed by atoms with Crippen LogP contribution in [0.5, 0.6) is 11.5 Å². The third-order valence-corrected chi connectivity index (χ3v) is 13.3. The van der Waals surface area contributed by atoms with Gasteiger partial charge in [0.2, 0.25) is 5.69 Å². The van der Waals surface area contributed by atoms with Crippen molar-refractivity contribution in [1.82, 2.24) is 4.90 Å². The van der Waals surface area contributed by atoms with Crippen LogP contribution in [0.4, 0.5) is 16.2 Å². The van der Waals surface area contributed by atoms with E-state index in [2.05, 4.69) is 159 Å². The second-order valence-corrected chi connectivity index (χ2v) is 18.1. The van der Waals surface area contributed by atoms with Gasteiger partial charge in [-0.25, -0.2) is 9.36 Å². The van der Waals surface area contributed by atoms with Crippen molar-refractivity contribution >= 4 is 23.2 Å². The number of methoxy groups -OCH3 is 2. The number of aryl methyl sites for hydroxylation is 1. The molecule has 0 unspecified atom stereocenters. The van der Waals surface area contributed by atoms with Crippen molar-refractivity contribution in [2.45, 2.75) is 70.8 Å². The molecule has 3 heterocycles. The normalized spacial score (nSPS) is 17.4. The van der Waals surface area contributed by atoms with Gasteiger partial charge in [0.25, 0.3) is 0 Å². The minimum absolute atomic E-state index is 0.183. The number of hydrogen-bond acceptors (Lipinski definition) is 5. The number of carbonyl (C=O) groups is 1. The molecule has 5 aromatic rings. The van der Waals surface area contributed by atoms with E-state index in [1.54, 1.807) is 19.1 Å². The van der Waals surface area contributed by atoms with Crippen molar-refractivity contribution in [3.63, 3.8) is 0 Å². The fourth-order valence-electron chi connectivity index (χ4n) is 9.60. The molecular weight excluding hydrogens is 793 g/mol. The van der Waals surface area contributed by atoms with Gasteiger partial charge in [-0.3, -0.25) is 4.90 Å². The van der Waals surface area contributed by atoms with E-state index >= 15 is 0 Å². The number of aromatic nitrogens is 1. The maximum absolute atomic E-state index is 14.1. The van der Waals surface area contributed by atoms with Crippen LogP contribution in [-0.4, -0.2) is 55.6 Å². The summed E-state index contributed by atoms with van der Waals surface area (Å²) in [6.45, 7) is 11.0. The van der Waals surface area contributed by atoms with Crippen molar-refractivity contribution in [2.75, 3.05) is 39.3 Å². The zero-order valence-corrected chi connectivity index (χ0v) is 38.7. The molecule has 8 rings (SSSR count). The Bertz CT molecular complexity index is 2670. The highest BCUT2D eigenvalue weighted by Crippen LogP contribution is 2.49. The minimum Gasteiger partial charge on any atom is -0.497 e. The molecule has 0 atom stereocenters. The molecule has 1 aromatic heterocycles. The summed E-state index contributed by atoms with van der Waals surface area (Å²) in [6.07, 6.45) is 16.0. The second kappa shape index (κ2) is 18.6. The number of carbonyl (C=O) groups excluding carboxylic acids is 1. The molecule has 4 aromatic carbocycles. The lowest BCUT2D eigenvalue weighted by molar-refractivity contribution is -0.671. The largest absolute Gasteiger partial charge is 0.497 e. The highest BCUT2D eigenvalue weighted by atomic mass is 16.6. The van der Waals surface area contributed by atoms with Crippen LogP contribution in [0.25, 0.3) is 0 Å². The lowest BCUT2D eigenvalue weighted by Crippen LogP contribution is -2.29. The Balaban J connectivity index is 1.19. The first-order valence-electron chi connectivity index (χ1n) is 22.4. The molecule has 0 N–H and O–H groups in total. The Hall–Kier alpha value is -6.67. The zero-order valence-electron chi connectivity index (χ0n) is 38.7. The standard InChI is InChI=1S/C56H62N4O4/c1-55(2)47-37-45(62-7)23-25-49(47)59(35-31-40-15-11-9-12-16-40)51(55)27-21-43-19-20-44(53(43)58(6)54(61)64-39-42-29-33-57(5)34-30-42)22-28-52-56(3,4)48-38-46(63-8)24-26-50(48)60(52)36-32-41-17-13-10-14-18-41/h9-18,21-30,33-34,37-38H,19-20,31-32,35-36,39H2,1-8H3/q+2. The molecule has 1 amide bonds.